The van der Waals surface area contributed by atoms with Gasteiger partial charge in [-0.15, -0.1) is 11.3 Å². The van der Waals surface area contributed by atoms with E-state index >= 15 is 0 Å². The van der Waals surface area contributed by atoms with Gasteiger partial charge >= 0.3 is 5.97 Å². The Morgan fingerprint density at radius 2 is 1.80 bits per heavy atom. The Morgan fingerprint density at radius 1 is 1.03 bits per heavy atom. The van der Waals surface area contributed by atoms with Crippen LogP contribution in [0.5, 0.6) is 11.5 Å². The second-order valence-electron chi connectivity index (χ2n) is 7.96. The Balaban J connectivity index is 1.64. The second kappa shape index (κ2) is 10.6. The Bertz CT molecular complexity index is 1240. The molecule has 0 bridgehead atoms. The van der Waals surface area contributed by atoms with Crippen molar-refractivity contribution in [1.82, 2.24) is 4.90 Å². The van der Waals surface area contributed by atoms with Gasteiger partial charge in [0, 0.05) is 17.8 Å². The van der Waals surface area contributed by atoms with Crippen LogP contribution < -0.4 is 14.8 Å². The number of carbonyl (C=O) groups is 3. The molecule has 0 saturated carbocycles. The lowest BCUT2D eigenvalue weighted by atomic mass is 9.89. The van der Waals surface area contributed by atoms with Crippen molar-refractivity contribution in [2.75, 3.05) is 33.2 Å². The van der Waals surface area contributed by atoms with Crippen LogP contribution in [0.25, 0.3) is 0 Å². The van der Waals surface area contributed by atoms with Crippen molar-refractivity contribution in [3.63, 3.8) is 0 Å². The standard InChI is InChI=1S/C26H26N2O6S/c1-32-21-13-16-9-10-28(20(15-24(29)34-3)19(16)14-22(21)33-2)26(31)17-6-4-7-18(12-17)27-25(30)23-8-5-11-35-23/h4-8,11-14,20H,9-10,15H2,1-3H3,(H,27,30). The van der Waals surface area contributed by atoms with Gasteiger partial charge in [0.25, 0.3) is 11.8 Å². The number of amides is 2. The lowest BCUT2D eigenvalue weighted by Gasteiger charge is -2.37. The Labute approximate surface area is 207 Å². The van der Waals surface area contributed by atoms with E-state index in [0.29, 0.717) is 40.6 Å². The lowest BCUT2D eigenvalue weighted by molar-refractivity contribution is -0.141. The van der Waals surface area contributed by atoms with Gasteiger partial charge in [0.2, 0.25) is 0 Å². The average Bonchev–Trinajstić information content (AvgIpc) is 3.43. The second-order valence-corrected chi connectivity index (χ2v) is 8.91. The van der Waals surface area contributed by atoms with Gasteiger partial charge < -0.3 is 24.4 Å². The summed E-state index contributed by atoms with van der Waals surface area (Å²) in [4.78, 5) is 40.6. The first-order chi connectivity index (χ1) is 16.9. The van der Waals surface area contributed by atoms with Crippen molar-refractivity contribution in [3.05, 3.63) is 75.5 Å². The van der Waals surface area contributed by atoms with Crippen molar-refractivity contribution >= 4 is 34.8 Å². The number of fused-ring (bicyclic) bond motifs is 1. The van der Waals surface area contributed by atoms with Crippen molar-refractivity contribution < 1.29 is 28.6 Å². The summed E-state index contributed by atoms with van der Waals surface area (Å²) in [6.45, 7) is 0.411. The molecule has 0 radical (unpaired) electrons. The normalized spacial score (nSPS) is 14.6. The number of carbonyl (C=O) groups excluding carboxylic acids is 3. The third-order valence-corrected chi connectivity index (χ3v) is 6.83. The van der Waals surface area contributed by atoms with Gasteiger partial charge in [-0.3, -0.25) is 14.4 Å². The predicted molar refractivity (Wildman–Crippen MR) is 132 cm³/mol. The van der Waals surface area contributed by atoms with Crippen LogP contribution in [0.15, 0.2) is 53.9 Å². The van der Waals surface area contributed by atoms with E-state index in [1.54, 1.807) is 55.5 Å². The molecule has 2 amide bonds. The molecule has 3 aromatic rings. The monoisotopic (exact) mass is 494 g/mol. The molecule has 1 unspecified atom stereocenters. The third-order valence-electron chi connectivity index (χ3n) is 5.96. The molecule has 8 nitrogen and oxygen atoms in total. The molecule has 0 aliphatic carbocycles. The minimum Gasteiger partial charge on any atom is -0.493 e. The fraction of sp³-hybridized carbons (Fsp3) is 0.269. The van der Waals surface area contributed by atoms with Crippen LogP contribution in [0.4, 0.5) is 5.69 Å². The summed E-state index contributed by atoms with van der Waals surface area (Å²) in [5.74, 6) is 0.214. The molecule has 1 aliphatic heterocycles. The van der Waals surface area contributed by atoms with Crippen molar-refractivity contribution in [1.29, 1.82) is 0 Å². The van der Waals surface area contributed by atoms with Crippen molar-refractivity contribution in [2.24, 2.45) is 0 Å². The SMILES string of the molecule is COC(=O)CC1c2cc(OC)c(OC)cc2CCN1C(=O)c1cccc(NC(=O)c2cccs2)c1. The molecule has 4 rings (SSSR count). The molecule has 1 aliphatic rings. The Morgan fingerprint density at radius 3 is 2.49 bits per heavy atom. The molecule has 9 heteroatoms. The van der Waals surface area contributed by atoms with E-state index in [9.17, 15) is 14.4 Å². The van der Waals surface area contributed by atoms with E-state index in [-0.39, 0.29) is 18.2 Å². The van der Waals surface area contributed by atoms with Crippen LogP contribution in [0.1, 0.15) is 43.6 Å². The van der Waals surface area contributed by atoms with E-state index in [4.69, 9.17) is 14.2 Å². The summed E-state index contributed by atoms with van der Waals surface area (Å²) >= 11 is 1.34. The highest BCUT2D eigenvalue weighted by atomic mass is 32.1. The van der Waals surface area contributed by atoms with Crippen LogP contribution in [0.2, 0.25) is 0 Å². The minimum absolute atomic E-state index is 0.000469. The van der Waals surface area contributed by atoms with E-state index < -0.39 is 12.0 Å². The van der Waals surface area contributed by atoms with Crippen LogP contribution in [0, 0.1) is 0 Å². The molecule has 0 saturated heterocycles. The summed E-state index contributed by atoms with van der Waals surface area (Å²) in [5, 5.41) is 4.66. The maximum atomic E-state index is 13.6. The number of anilines is 1. The van der Waals surface area contributed by atoms with Gasteiger partial charge in [-0.25, -0.2) is 0 Å². The summed E-state index contributed by atoms with van der Waals surface area (Å²) in [6, 6.07) is 13.5. The highest BCUT2D eigenvalue weighted by Crippen LogP contribution is 2.40. The van der Waals surface area contributed by atoms with Gasteiger partial charge in [0.05, 0.1) is 38.7 Å². The fourth-order valence-corrected chi connectivity index (χ4v) is 4.85. The number of thiophene rings is 1. The molecule has 1 atom stereocenters. The predicted octanol–water partition coefficient (Wildman–Crippen LogP) is 4.32. The summed E-state index contributed by atoms with van der Waals surface area (Å²) in [5.41, 5.74) is 2.72. The van der Waals surface area contributed by atoms with Crippen molar-refractivity contribution in [3.8, 4) is 11.5 Å². The van der Waals surface area contributed by atoms with Gasteiger partial charge in [0.1, 0.15) is 0 Å². The smallest absolute Gasteiger partial charge is 0.307 e. The number of benzene rings is 2. The zero-order valence-corrected chi connectivity index (χ0v) is 20.5. The van der Waals surface area contributed by atoms with E-state index in [1.165, 1.54) is 18.4 Å². The number of hydrogen-bond acceptors (Lipinski definition) is 7. The zero-order valence-electron chi connectivity index (χ0n) is 19.7. The van der Waals surface area contributed by atoms with Crippen LogP contribution in [0.3, 0.4) is 0 Å². The minimum atomic E-state index is -0.539. The number of esters is 1. The lowest BCUT2D eigenvalue weighted by Crippen LogP contribution is -2.41. The molecule has 35 heavy (non-hydrogen) atoms. The molecule has 2 heterocycles. The molecular formula is C26H26N2O6S. The largest absolute Gasteiger partial charge is 0.493 e. The van der Waals surface area contributed by atoms with E-state index in [1.807, 2.05) is 17.5 Å². The van der Waals surface area contributed by atoms with Crippen molar-refractivity contribution in [2.45, 2.75) is 18.9 Å². The first kappa shape index (κ1) is 24.3. The van der Waals surface area contributed by atoms with Crippen LogP contribution in [-0.2, 0) is 16.0 Å². The number of hydrogen-bond donors (Lipinski definition) is 1. The van der Waals surface area contributed by atoms with Gasteiger partial charge in [0.15, 0.2) is 11.5 Å². The molecule has 0 spiro atoms. The maximum Gasteiger partial charge on any atom is 0.307 e. The Hall–Kier alpha value is -3.85. The van der Waals surface area contributed by atoms with Crippen LogP contribution >= 0.6 is 11.3 Å². The zero-order chi connectivity index (χ0) is 24.9. The van der Waals surface area contributed by atoms with Gasteiger partial charge in [-0.1, -0.05) is 12.1 Å². The summed E-state index contributed by atoms with van der Waals surface area (Å²) in [7, 11) is 4.44. The van der Waals surface area contributed by atoms with Gasteiger partial charge in [-0.05, 0) is 59.3 Å². The molecular weight excluding hydrogens is 468 g/mol. The number of nitrogens with one attached hydrogen (secondary N) is 1. The number of ether oxygens (including phenoxy) is 3. The summed E-state index contributed by atoms with van der Waals surface area (Å²) in [6.07, 6.45) is 0.591. The molecule has 182 valence electrons. The average molecular weight is 495 g/mol. The number of rotatable bonds is 7. The fourth-order valence-electron chi connectivity index (χ4n) is 4.23. The van der Waals surface area contributed by atoms with E-state index in [2.05, 4.69) is 5.32 Å². The van der Waals surface area contributed by atoms with Crippen LogP contribution in [-0.4, -0.2) is 50.6 Å². The maximum absolute atomic E-state index is 13.6. The third kappa shape index (κ3) is 5.14. The quantitative estimate of drug-likeness (QED) is 0.492. The molecule has 1 N–H and O–H groups in total. The molecule has 1 aromatic heterocycles. The highest BCUT2D eigenvalue weighted by Gasteiger charge is 2.34. The summed E-state index contributed by atoms with van der Waals surface area (Å²) < 4.78 is 15.8. The number of nitrogens with zero attached hydrogens (tertiary/aromatic N) is 1. The van der Waals surface area contributed by atoms with E-state index in [0.717, 1.165) is 11.1 Å². The first-order valence-corrected chi connectivity index (χ1v) is 11.9. The Kier molecular flexibility index (Phi) is 7.36. The number of methoxy groups -OCH3 is 3. The molecule has 2 aromatic carbocycles. The van der Waals surface area contributed by atoms with Gasteiger partial charge in [-0.2, -0.15) is 0 Å². The molecule has 0 fully saturated rings. The topological polar surface area (TPSA) is 94.2 Å². The first-order valence-electron chi connectivity index (χ1n) is 11.0. The highest BCUT2D eigenvalue weighted by molar-refractivity contribution is 7.12.